The number of phenols is 2. The quantitative estimate of drug-likeness (QED) is 0.743. The minimum absolute atomic E-state index is 0.0976. The summed E-state index contributed by atoms with van der Waals surface area (Å²) in [7, 11) is 1.98. The maximum atomic E-state index is 9.45. The number of hydrogen-bond acceptors (Lipinski definition) is 3. The average Bonchev–Trinajstić information content (AvgIpc) is 2.09. The third-order valence-electron chi connectivity index (χ3n) is 2.05. The van der Waals surface area contributed by atoms with Crippen LogP contribution in [0.5, 0.6) is 11.5 Å². The molecule has 72 valence electrons. The molecular formula is C10H15NO2. The lowest BCUT2D eigenvalue weighted by Crippen LogP contribution is -2.16. The third-order valence-corrected chi connectivity index (χ3v) is 2.05. The Labute approximate surface area is 78.2 Å². The molecule has 0 bridgehead atoms. The van der Waals surface area contributed by atoms with Crippen LogP contribution in [0, 0.1) is 0 Å². The Balaban J connectivity index is 2.77. The van der Waals surface area contributed by atoms with Gasteiger partial charge in [0.25, 0.3) is 0 Å². The van der Waals surface area contributed by atoms with Gasteiger partial charge in [0, 0.05) is 18.2 Å². The monoisotopic (exact) mass is 181 g/mol. The molecule has 13 heavy (non-hydrogen) atoms. The van der Waals surface area contributed by atoms with E-state index in [0.29, 0.717) is 6.54 Å². The lowest BCUT2D eigenvalue weighted by atomic mass is 10.2. The number of hydrogen-bond donors (Lipinski definition) is 2. The van der Waals surface area contributed by atoms with E-state index >= 15 is 0 Å². The minimum Gasteiger partial charge on any atom is -0.508 e. The van der Waals surface area contributed by atoms with Crippen LogP contribution < -0.4 is 0 Å². The van der Waals surface area contributed by atoms with Crippen LogP contribution in [0.3, 0.4) is 0 Å². The van der Waals surface area contributed by atoms with Crippen molar-refractivity contribution in [3.8, 4) is 11.5 Å². The number of rotatable bonds is 3. The van der Waals surface area contributed by atoms with Gasteiger partial charge in [-0.1, -0.05) is 13.0 Å². The van der Waals surface area contributed by atoms with Gasteiger partial charge in [0.1, 0.15) is 11.5 Å². The van der Waals surface area contributed by atoms with E-state index < -0.39 is 0 Å². The Hall–Kier alpha value is -1.22. The van der Waals surface area contributed by atoms with Gasteiger partial charge >= 0.3 is 0 Å². The fourth-order valence-electron chi connectivity index (χ4n) is 1.09. The summed E-state index contributed by atoms with van der Waals surface area (Å²) in [5, 5.41) is 18.5. The van der Waals surface area contributed by atoms with Gasteiger partial charge in [-0.2, -0.15) is 0 Å². The van der Waals surface area contributed by atoms with Crippen molar-refractivity contribution < 1.29 is 10.2 Å². The highest BCUT2D eigenvalue weighted by atomic mass is 16.3. The van der Waals surface area contributed by atoms with E-state index in [2.05, 4.69) is 11.8 Å². The van der Waals surface area contributed by atoms with Crippen molar-refractivity contribution in [2.45, 2.75) is 13.5 Å². The Morgan fingerprint density at radius 1 is 1.31 bits per heavy atom. The second-order valence-corrected chi connectivity index (χ2v) is 3.14. The SMILES string of the molecule is CCN(C)Cc1ccc(O)cc1O. The smallest absolute Gasteiger partial charge is 0.123 e. The van der Waals surface area contributed by atoms with Crippen molar-refractivity contribution in [1.82, 2.24) is 4.90 Å². The van der Waals surface area contributed by atoms with E-state index in [1.807, 2.05) is 7.05 Å². The first-order chi connectivity index (χ1) is 6.13. The molecule has 0 amide bonds. The zero-order valence-corrected chi connectivity index (χ0v) is 7.99. The maximum Gasteiger partial charge on any atom is 0.123 e. The van der Waals surface area contributed by atoms with Crippen molar-refractivity contribution >= 4 is 0 Å². The average molecular weight is 181 g/mol. The van der Waals surface area contributed by atoms with Crippen molar-refractivity contribution in [1.29, 1.82) is 0 Å². The molecular weight excluding hydrogens is 166 g/mol. The standard InChI is InChI=1S/C10H15NO2/c1-3-11(2)7-8-4-5-9(12)6-10(8)13/h4-6,12-13H,3,7H2,1-2H3. The molecule has 2 N–H and O–H groups in total. The van der Waals surface area contributed by atoms with Crippen molar-refractivity contribution in [2.75, 3.05) is 13.6 Å². The fraction of sp³-hybridized carbons (Fsp3) is 0.400. The van der Waals surface area contributed by atoms with Gasteiger partial charge in [0.15, 0.2) is 0 Å². The summed E-state index contributed by atoms with van der Waals surface area (Å²) < 4.78 is 0. The Kier molecular flexibility index (Phi) is 3.14. The van der Waals surface area contributed by atoms with E-state index in [1.165, 1.54) is 6.07 Å². The van der Waals surface area contributed by atoms with Gasteiger partial charge in [-0.25, -0.2) is 0 Å². The second-order valence-electron chi connectivity index (χ2n) is 3.14. The maximum absolute atomic E-state index is 9.45. The predicted molar refractivity (Wildman–Crippen MR) is 51.8 cm³/mol. The summed E-state index contributed by atoms with van der Waals surface area (Å²) in [6.07, 6.45) is 0. The lowest BCUT2D eigenvalue weighted by molar-refractivity contribution is 0.336. The Bertz CT molecular complexity index is 286. The van der Waals surface area contributed by atoms with Crippen LogP contribution in [0.4, 0.5) is 0 Å². The number of nitrogens with zero attached hydrogens (tertiary/aromatic N) is 1. The van der Waals surface area contributed by atoms with Crippen molar-refractivity contribution in [2.24, 2.45) is 0 Å². The summed E-state index contributed by atoms with van der Waals surface area (Å²) in [5.74, 6) is 0.251. The highest BCUT2D eigenvalue weighted by Crippen LogP contribution is 2.23. The van der Waals surface area contributed by atoms with Crippen LogP contribution in [0.1, 0.15) is 12.5 Å². The highest BCUT2D eigenvalue weighted by molar-refractivity contribution is 5.38. The van der Waals surface area contributed by atoms with E-state index in [4.69, 9.17) is 5.11 Å². The van der Waals surface area contributed by atoms with Gasteiger partial charge in [0.05, 0.1) is 0 Å². The summed E-state index contributed by atoms with van der Waals surface area (Å²) in [6.45, 7) is 3.68. The van der Waals surface area contributed by atoms with Crippen LogP contribution in [0.15, 0.2) is 18.2 Å². The molecule has 0 aliphatic carbocycles. The normalized spacial score (nSPS) is 10.7. The highest BCUT2D eigenvalue weighted by Gasteiger charge is 2.03. The molecule has 0 aliphatic rings. The summed E-state index contributed by atoms with van der Waals surface area (Å²) in [6, 6.07) is 4.67. The molecule has 1 rings (SSSR count). The molecule has 1 aromatic carbocycles. The van der Waals surface area contributed by atoms with Crippen LogP contribution in [0.2, 0.25) is 0 Å². The second kappa shape index (κ2) is 4.14. The van der Waals surface area contributed by atoms with Crippen LogP contribution in [-0.2, 0) is 6.54 Å². The molecule has 0 radical (unpaired) electrons. The molecule has 3 nitrogen and oxygen atoms in total. The summed E-state index contributed by atoms with van der Waals surface area (Å²) >= 11 is 0. The largest absolute Gasteiger partial charge is 0.508 e. The van der Waals surface area contributed by atoms with Gasteiger partial charge in [-0.3, -0.25) is 0 Å². The van der Waals surface area contributed by atoms with Crippen LogP contribution in [-0.4, -0.2) is 28.7 Å². The molecule has 0 fully saturated rings. The number of benzene rings is 1. The molecule has 0 saturated carbocycles. The van der Waals surface area contributed by atoms with Gasteiger partial charge in [0.2, 0.25) is 0 Å². The minimum atomic E-state index is 0.0976. The number of aromatic hydroxyl groups is 2. The first kappa shape index (κ1) is 9.86. The van der Waals surface area contributed by atoms with Gasteiger partial charge < -0.3 is 15.1 Å². The van der Waals surface area contributed by atoms with Crippen molar-refractivity contribution in [3.63, 3.8) is 0 Å². The Morgan fingerprint density at radius 3 is 2.54 bits per heavy atom. The molecule has 3 heteroatoms. The van der Waals surface area contributed by atoms with E-state index in [1.54, 1.807) is 12.1 Å². The molecule has 0 unspecified atom stereocenters. The van der Waals surface area contributed by atoms with Crippen molar-refractivity contribution in [3.05, 3.63) is 23.8 Å². The van der Waals surface area contributed by atoms with E-state index in [0.717, 1.165) is 12.1 Å². The molecule has 1 aromatic rings. The first-order valence-electron chi connectivity index (χ1n) is 4.33. The molecule has 0 heterocycles. The van der Waals surface area contributed by atoms with Gasteiger partial charge in [-0.15, -0.1) is 0 Å². The van der Waals surface area contributed by atoms with Crippen LogP contribution in [0.25, 0.3) is 0 Å². The third kappa shape index (κ3) is 2.63. The summed E-state index contributed by atoms with van der Waals surface area (Å²) in [4.78, 5) is 2.08. The fourth-order valence-corrected chi connectivity index (χ4v) is 1.09. The van der Waals surface area contributed by atoms with E-state index in [-0.39, 0.29) is 11.5 Å². The molecule has 0 aliphatic heterocycles. The molecule has 0 aromatic heterocycles. The van der Waals surface area contributed by atoms with E-state index in [9.17, 15) is 5.11 Å². The zero-order chi connectivity index (χ0) is 9.84. The molecule has 0 saturated heterocycles. The Morgan fingerprint density at radius 2 is 2.00 bits per heavy atom. The summed E-state index contributed by atoms with van der Waals surface area (Å²) in [5.41, 5.74) is 0.835. The zero-order valence-electron chi connectivity index (χ0n) is 7.99. The topological polar surface area (TPSA) is 43.7 Å². The number of phenolic OH excluding ortho intramolecular Hbond substituents is 2. The van der Waals surface area contributed by atoms with Gasteiger partial charge in [-0.05, 0) is 19.7 Å². The first-order valence-corrected chi connectivity index (χ1v) is 4.33. The molecule has 0 atom stereocenters. The lowest BCUT2D eigenvalue weighted by Gasteiger charge is -2.14. The predicted octanol–water partition coefficient (Wildman–Crippen LogP) is 1.55. The van der Waals surface area contributed by atoms with Crippen LogP contribution >= 0.6 is 0 Å². The molecule has 0 spiro atoms.